The van der Waals surface area contributed by atoms with Crippen LogP contribution in [0.2, 0.25) is 0 Å². The van der Waals surface area contributed by atoms with E-state index in [9.17, 15) is 9.59 Å². The molecule has 1 aromatic carbocycles. The summed E-state index contributed by atoms with van der Waals surface area (Å²) in [6.45, 7) is 3.17. The summed E-state index contributed by atoms with van der Waals surface area (Å²) >= 11 is 0. The van der Waals surface area contributed by atoms with Gasteiger partial charge in [0.15, 0.2) is 0 Å². The third-order valence-electron chi connectivity index (χ3n) is 4.58. The van der Waals surface area contributed by atoms with Gasteiger partial charge in [0, 0.05) is 32.8 Å². The topological polar surface area (TPSA) is 75.9 Å². The Morgan fingerprint density at radius 2 is 1.83 bits per heavy atom. The van der Waals surface area contributed by atoms with Crippen molar-refractivity contribution in [3.63, 3.8) is 0 Å². The SMILES string of the molecule is NC(=O)[C@H](c1ccccc1)N1CCN(C(=O)[C@@H]2CCCO2)CC1. The summed E-state index contributed by atoms with van der Waals surface area (Å²) in [6.07, 6.45) is 1.49. The molecule has 0 unspecified atom stereocenters. The van der Waals surface area contributed by atoms with Crippen LogP contribution in [0.1, 0.15) is 24.4 Å². The summed E-state index contributed by atoms with van der Waals surface area (Å²) in [7, 11) is 0. The van der Waals surface area contributed by atoms with Crippen molar-refractivity contribution < 1.29 is 14.3 Å². The molecule has 2 aliphatic heterocycles. The van der Waals surface area contributed by atoms with Crippen LogP contribution in [-0.2, 0) is 14.3 Å². The Balaban J connectivity index is 1.63. The number of ether oxygens (including phenoxy) is 1. The van der Waals surface area contributed by atoms with E-state index < -0.39 is 6.04 Å². The largest absolute Gasteiger partial charge is 0.368 e. The van der Waals surface area contributed by atoms with Gasteiger partial charge in [-0.1, -0.05) is 30.3 Å². The van der Waals surface area contributed by atoms with Crippen LogP contribution in [0.15, 0.2) is 30.3 Å². The molecule has 0 spiro atoms. The third-order valence-corrected chi connectivity index (χ3v) is 4.58. The van der Waals surface area contributed by atoms with Gasteiger partial charge in [0.25, 0.3) is 5.91 Å². The van der Waals surface area contributed by atoms with Crippen molar-refractivity contribution in [3.05, 3.63) is 35.9 Å². The molecule has 0 saturated carbocycles. The lowest BCUT2D eigenvalue weighted by molar-refractivity contribution is -0.143. The minimum absolute atomic E-state index is 0.0810. The molecule has 2 N–H and O–H groups in total. The van der Waals surface area contributed by atoms with Crippen molar-refractivity contribution in [1.82, 2.24) is 9.80 Å². The first-order valence-electron chi connectivity index (χ1n) is 8.15. The smallest absolute Gasteiger partial charge is 0.251 e. The molecule has 0 radical (unpaired) electrons. The number of amides is 2. The molecule has 1 aromatic rings. The fourth-order valence-corrected chi connectivity index (χ4v) is 3.37. The van der Waals surface area contributed by atoms with Gasteiger partial charge in [-0.05, 0) is 18.4 Å². The minimum atomic E-state index is -0.434. The molecule has 2 saturated heterocycles. The second-order valence-corrected chi connectivity index (χ2v) is 6.08. The standard InChI is InChI=1S/C17H23N3O3/c18-16(21)15(13-5-2-1-3-6-13)19-8-10-20(11-9-19)17(22)14-7-4-12-23-14/h1-3,5-6,14-15H,4,7-12H2,(H2,18,21)/t14-,15-/m0/s1. The zero-order valence-corrected chi connectivity index (χ0v) is 13.2. The maximum Gasteiger partial charge on any atom is 0.251 e. The van der Waals surface area contributed by atoms with Gasteiger partial charge >= 0.3 is 0 Å². The summed E-state index contributed by atoms with van der Waals surface area (Å²) in [4.78, 5) is 28.2. The van der Waals surface area contributed by atoms with Gasteiger partial charge in [0.2, 0.25) is 5.91 Å². The van der Waals surface area contributed by atoms with E-state index in [0.717, 1.165) is 18.4 Å². The van der Waals surface area contributed by atoms with Gasteiger partial charge < -0.3 is 15.4 Å². The Labute approximate surface area is 136 Å². The number of carbonyl (C=O) groups excluding carboxylic acids is 2. The van der Waals surface area contributed by atoms with Gasteiger partial charge in [-0.15, -0.1) is 0 Å². The second-order valence-electron chi connectivity index (χ2n) is 6.08. The van der Waals surface area contributed by atoms with Crippen LogP contribution in [0.4, 0.5) is 0 Å². The van der Waals surface area contributed by atoms with Crippen LogP contribution in [0, 0.1) is 0 Å². The van der Waals surface area contributed by atoms with Crippen LogP contribution >= 0.6 is 0 Å². The Bertz CT molecular complexity index is 549. The zero-order valence-electron chi connectivity index (χ0n) is 13.2. The van der Waals surface area contributed by atoms with Crippen molar-refractivity contribution >= 4 is 11.8 Å². The summed E-state index contributed by atoms with van der Waals surface area (Å²) in [5, 5.41) is 0. The minimum Gasteiger partial charge on any atom is -0.368 e. The highest BCUT2D eigenvalue weighted by Gasteiger charge is 2.33. The van der Waals surface area contributed by atoms with E-state index in [2.05, 4.69) is 4.90 Å². The predicted octanol–water partition coefficient (Wildman–Crippen LogP) is 0.536. The van der Waals surface area contributed by atoms with Gasteiger partial charge in [-0.2, -0.15) is 0 Å². The maximum absolute atomic E-state index is 12.4. The summed E-state index contributed by atoms with van der Waals surface area (Å²) in [6, 6.07) is 9.12. The number of hydrogen-bond donors (Lipinski definition) is 1. The van der Waals surface area contributed by atoms with Gasteiger partial charge in [-0.25, -0.2) is 0 Å². The average molecular weight is 317 g/mol. The Hall–Kier alpha value is -1.92. The number of nitrogens with two attached hydrogens (primary N) is 1. The molecule has 23 heavy (non-hydrogen) atoms. The van der Waals surface area contributed by atoms with Crippen molar-refractivity contribution in [1.29, 1.82) is 0 Å². The van der Waals surface area contributed by atoms with Crippen molar-refractivity contribution in [2.24, 2.45) is 5.73 Å². The Morgan fingerprint density at radius 3 is 2.39 bits per heavy atom. The van der Waals surface area contributed by atoms with Crippen LogP contribution in [0.3, 0.4) is 0 Å². The van der Waals surface area contributed by atoms with E-state index in [1.165, 1.54) is 0 Å². The second kappa shape index (κ2) is 7.10. The van der Waals surface area contributed by atoms with E-state index in [-0.39, 0.29) is 17.9 Å². The lowest BCUT2D eigenvalue weighted by atomic mass is 10.0. The molecule has 6 heteroatoms. The monoisotopic (exact) mass is 317 g/mol. The Kier molecular flexibility index (Phi) is 4.93. The zero-order chi connectivity index (χ0) is 16.2. The van der Waals surface area contributed by atoms with Gasteiger partial charge in [-0.3, -0.25) is 14.5 Å². The van der Waals surface area contributed by atoms with Gasteiger partial charge in [0.05, 0.1) is 0 Å². The first-order valence-corrected chi connectivity index (χ1v) is 8.15. The lowest BCUT2D eigenvalue weighted by Gasteiger charge is -2.38. The molecular weight excluding hydrogens is 294 g/mol. The molecule has 2 atom stereocenters. The number of primary amides is 1. The number of rotatable bonds is 4. The summed E-state index contributed by atoms with van der Waals surface area (Å²) < 4.78 is 5.47. The van der Waals surface area contributed by atoms with Gasteiger partial charge in [0.1, 0.15) is 12.1 Å². The van der Waals surface area contributed by atoms with E-state index in [4.69, 9.17) is 10.5 Å². The molecule has 2 fully saturated rings. The van der Waals surface area contributed by atoms with Crippen molar-refractivity contribution in [3.8, 4) is 0 Å². The van der Waals surface area contributed by atoms with E-state index >= 15 is 0 Å². The summed E-state index contributed by atoms with van der Waals surface area (Å²) in [5.41, 5.74) is 6.51. The van der Waals surface area contributed by atoms with Crippen LogP contribution < -0.4 is 5.73 Å². The number of hydrogen-bond acceptors (Lipinski definition) is 4. The molecule has 2 amide bonds. The Morgan fingerprint density at radius 1 is 1.13 bits per heavy atom. The number of carbonyl (C=O) groups is 2. The number of benzene rings is 1. The highest BCUT2D eigenvalue weighted by atomic mass is 16.5. The average Bonchev–Trinajstić information content (AvgIpc) is 3.10. The quantitative estimate of drug-likeness (QED) is 0.879. The highest BCUT2D eigenvalue weighted by molar-refractivity contribution is 5.82. The molecule has 6 nitrogen and oxygen atoms in total. The molecule has 0 aliphatic carbocycles. The molecule has 2 heterocycles. The fourth-order valence-electron chi connectivity index (χ4n) is 3.37. The van der Waals surface area contributed by atoms with Crippen LogP contribution in [0.5, 0.6) is 0 Å². The van der Waals surface area contributed by atoms with Crippen LogP contribution in [-0.4, -0.2) is 60.5 Å². The first kappa shape index (κ1) is 16.0. The highest BCUT2D eigenvalue weighted by Crippen LogP contribution is 2.23. The predicted molar refractivity (Wildman–Crippen MR) is 85.5 cm³/mol. The first-order chi connectivity index (χ1) is 11.2. The van der Waals surface area contributed by atoms with Crippen molar-refractivity contribution in [2.45, 2.75) is 25.0 Å². The van der Waals surface area contributed by atoms with Crippen LogP contribution in [0.25, 0.3) is 0 Å². The molecule has 3 rings (SSSR count). The van der Waals surface area contributed by atoms with Crippen molar-refractivity contribution in [2.75, 3.05) is 32.8 Å². The number of nitrogens with zero attached hydrogens (tertiary/aromatic N) is 2. The molecular formula is C17H23N3O3. The maximum atomic E-state index is 12.4. The molecule has 0 aromatic heterocycles. The normalized spacial score (nSPS) is 23.7. The molecule has 124 valence electrons. The van der Waals surface area contributed by atoms with E-state index in [1.54, 1.807) is 0 Å². The summed E-state index contributed by atoms with van der Waals surface area (Å²) in [5.74, 6) is -0.271. The van der Waals surface area contributed by atoms with E-state index in [1.807, 2.05) is 35.2 Å². The molecule has 0 bridgehead atoms. The lowest BCUT2D eigenvalue weighted by Crippen LogP contribution is -2.53. The third kappa shape index (κ3) is 3.54. The molecule has 2 aliphatic rings. The number of piperazine rings is 1. The van der Waals surface area contributed by atoms with E-state index in [0.29, 0.717) is 32.8 Å². The fraction of sp³-hybridized carbons (Fsp3) is 0.529.